The molecule has 0 aromatic heterocycles. The molecule has 0 saturated carbocycles. The molecule has 0 radical (unpaired) electrons. The Hall–Kier alpha value is -1.05. The summed E-state index contributed by atoms with van der Waals surface area (Å²) in [6, 6.07) is -1.37. The van der Waals surface area contributed by atoms with Crippen LogP contribution < -0.4 is 5.11 Å². The number of rotatable bonds is 0. The molecule has 1 aliphatic rings. The predicted molar refractivity (Wildman–Crippen MR) is 26.4 cm³/mol. The first-order valence-electron chi connectivity index (χ1n) is 2.22. The fraction of sp³-hybridized carbons (Fsp3) is 0. The largest absolute Gasteiger partial charge is 0.851 e. The first kappa shape index (κ1) is 5.09. The third-order valence-electron chi connectivity index (χ3n) is 0.890. The van der Waals surface area contributed by atoms with E-state index in [-0.39, 0.29) is 5.57 Å². The van der Waals surface area contributed by atoms with Crippen molar-refractivity contribution in [2.24, 2.45) is 0 Å². The van der Waals surface area contributed by atoms with Gasteiger partial charge in [0.05, 0.1) is 6.01 Å². The van der Waals surface area contributed by atoms with Crippen LogP contribution in [0.3, 0.4) is 0 Å². The zero-order valence-electron chi connectivity index (χ0n) is 4.10. The molecule has 2 heteroatoms. The lowest BCUT2D eigenvalue weighted by atomic mass is 10.3. The van der Waals surface area contributed by atoms with E-state index in [1.54, 1.807) is 12.2 Å². The summed E-state index contributed by atoms with van der Waals surface area (Å²) in [4.78, 5) is 0. The highest BCUT2D eigenvalue weighted by atomic mass is 19.1. The molecule has 0 aromatic carbocycles. The van der Waals surface area contributed by atoms with Gasteiger partial charge < -0.3 is 5.11 Å². The first-order chi connectivity index (χ1) is 3.80. The highest BCUT2D eigenvalue weighted by Gasteiger charge is 1.90. The second-order valence-corrected chi connectivity index (χ2v) is 1.45. The minimum Gasteiger partial charge on any atom is -0.851 e. The van der Waals surface area contributed by atoms with Gasteiger partial charge >= 0.3 is 0 Å². The zero-order chi connectivity index (χ0) is 5.98. The summed E-state index contributed by atoms with van der Waals surface area (Å²) in [5, 5.41) is 9.84. The summed E-state index contributed by atoms with van der Waals surface area (Å²) in [6.07, 6.45) is 6.10. The average Bonchev–Trinajstić information content (AvgIpc) is 2.12. The maximum atomic E-state index is 11.6. The molecule has 0 fully saturated rings. The topological polar surface area (TPSA) is 23.1 Å². The van der Waals surface area contributed by atoms with Gasteiger partial charge in [0.2, 0.25) is 0 Å². The Kier molecular flexibility index (Phi) is 1.16. The highest BCUT2D eigenvalue weighted by Crippen LogP contribution is 2.09. The molecule has 1 nitrogen and oxygen atoms in total. The summed E-state index contributed by atoms with van der Waals surface area (Å²) < 4.78 is 11.6. The van der Waals surface area contributed by atoms with Crippen molar-refractivity contribution in [1.82, 2.24) is 0 Å². The third-order valence-corrected chi connectivity index (χ3v) is 0.890. The van der Waals surface area contributed by atoms with Crippen LogP contribution in [0.2, 0.25) is 0 Å². The molecule has 0 aromatic rings. The monoisotopic (exact) mass is 111 g/mol. The Balaban J connectivity index is 2.90. The van der Waals surface area contributed by atoms with Crippen molar-refractivity contribution in [2.45, 2.75) is 0 Å². The van der Waals surface area contributed by atoms with Crippen molar-refractivity contribution in [1.29, 1.82) is 0 Å². The van der Waals surface area contributed by atoms with Crippen LogP contribution in [0.15, 0.2) is 35.9 Å². The van der Waals surface area contributed by atoms with Crippen LogP contribution in [0.25, 0.3) is 0 Å². The van der Waals surface area contributed by atoms with Gasteiger partial charge in [0.1, 0.15) is 0 Å². The smallest absolute Gasteiger partial charge is 0.0580 e. The molecule has 0 bridgehead atoms. The van der Waals surface area contributed by atoms with E-state index in [4.69, 9.17) is 0 Å². The van der Waals surface area contributed by atoms with Crippen LogP contribution >= 0.6 is 0 Å². The summed E-state index contributed by atoms with van der Waals surface area (Å²) in [5.74, 6) is 0. The average molecular weight is 111 g/mol. The molecule has 1 rings (SSSR count). The molecule has 0 heterocycles. The number of hydrogen-bond donors (Lipinski definition) is 0. The highest BCUT2D eigenvalue weighted by molar-refractivity contribution is 5.39. The van der Waals surface area contributed by atoms with E-state index in [1.165, 1.54) is 12.2 Å². The van der Waals surface area contributed by atoms with Crippen molar-refractivity contribution in [3.8, 4) is 0 Å². The van der Waals surface area contributed by atoms with Crippen LogP contribution in [-0.4, -0.2) is 0 Å². The second kappa shape index (κ2) is 1.82. The fourth-order valence-electron chi connectivity index (χ4n) is 0.505. The second-order valence-electron chi connectivity index (χ2n) is 1.45. The normalized spacial score (nSPS) is 15.4. The summed E-state index contributed by atoms with van der Waals surface area (Å²) in [7, 11) is 0. The Labute approximate surface area is 46.4 Å². The minimum atomic E-state index is -1.37. The van der Waals surface area contributed by atoms with E-state index in [9.17, 15) is 9.50 Å². The van der Waals surface area contributed by atoms with Crippen molar-refractivity contribution in [3.05, 3.63) is 35.9 Å². The standard InChI is InChI=1S/C6H5FO/c7-6(8)5-3-1-2-4-5/h1-4,8H/p-1. The van der Waals surface area contributed by atoms with Gasteiger partial charge in [-0.2, -0.15) is 0 Å². The molecular formula is C6H4FO-. The van der Waals surface area contributed by atoms with Crippen LogP contribution in [-0.2, 0) is 0 Å². The Bertz CT molecular complexity index is 159. The minimum absolute atomic E-state index is 0.130. The van der Waals surface area contributed by atoms with E-state index >= 15 is 0 Å². The van der Waals surface area contributed by atoms with Gasteiger partial charge in [-0.05, 0) is 5.57 Å². The van der Waals surface area contributed by atoms with Crippen LogP contribution in [0.4, 0.5) is 4.39 Å². The molecule has 1 aliphatic carbocycles. The first-order valence-corrected chi connectivity index (χ1v) is 2.22. The quantitative estimate of drug-likeness (QED) is 0.421. The van der Waals surface area contributed by atoms with Crippen LogP contribution in [0, 0.1) is 0 Å². The van der Waals surface area contributed by atoms with Gasteiger partial charge in [0.25, 0.3) is 0 Å². The Morgan fingerprint density at radius 3 is 2.12 bits per heavy atom. The Morgan fingerprint density at radius 1 is 1.38 bits per heavy atom. The maximum Gasteiger partial charge on any atom is 0.0580 e. The summed E-state index contributed by atoms with van der Waals surface area (Å²) in [6.45, 7) is 0. The van der Waals surface area contributed by atoms with Gasteiger partial charge in [-0.15, -0.1) is 0 Å². The van der Waals surface area contributed by atoms with Gasteiger partial charge in [-0.1, -0.05) is 24.3 Å². The van der Waals surface area contributed by atoms with E-state index in [2.05, 4.69) is 0 Å². The number of hydrogen-bond acceptors (Lipinski definition) is 1. The molecule has 8 heavy (non-hydrogen) atoms. The van der Waals surface area contributed by atoms with E-state index < -0.39 is 6.01 Å². The van der Waals surface area contributed by atoms with Crippen molar-refractivity contribution in [2.75, 3.05) is 0 Å². The van der Waals surface area contributed by atoms with Crippen molar-refractivity contribution >= 4 is 0 Å². The maximum absolute atomic E-state index is 11.6. The SMILES string of the molecule is [O-]C(F)=C1C=CC=C1. The van der Waals surface area contributed by atoms with E-state index in [0.717, 1.165) is 0 Å². The molecule has 42 valence electrons. The van der Waals surface area contributed by atoms with Crippen LogP contribution in [0.5, 0.6) is 0 Å². The third kappa shape index (κ3) is 0.780. The van der Waals surface area contributed by atoms with Gasteiger partial charge in [0, 0.05) is 0 Å². The van der Waals surface area contributed by atoms with Crippen LogP contribution in [0.1, 0.15) is 0 Å². The van der Waals surface area contributed by atoms with E-state index in [1.807, 2.05) is 0 Å². The van der Waals surface area contributed by atoms with Crippen molar-refractivity contribution < 1.29 is 9.50 Å². The lowest BCUT2D eigenvalue weighted by Crippen LogP contribution is -1.98. The molecule has 0 spiro atoms. The molecule has 0 unspecified atom stereocenters. The summed E-state index contributed by atoms with van der Waals surface area (Å²) in [5.41, 5.74) is 0.130. The molecular weight excluding hydrogens is 107 g/mol. The zero-order valence-corrected chi connectivity index (χ0v) is 4.10. The predicted octanol–water partition coefficient (Wildman–Crippen LogP) is 0.654. The van der Waals surface area contributed by atoms with Crippen molar-refractivity contribution in [3.63, 3.8) is 0 Å². The van der Waals surface area contributed by atoms with E-state index in [0.29, 0.717) is 0 Å². The Morgan fingerprint density at radius 2 is 1.88 bits per heavy atom. The number of halogens is 1. The van der Waals surface area contributed by atoms with Gasteiger partial charge in [-0.3, -0.25) is 0 Å². The molecule has 0 amide bonds. The summed E-state index contributed by atoms with van der Waals surface area (Å²) >= 11 is 0. The lowest BCUT2D eigenvalue weighted by molar-refractivity contribution is -0.333. The molecule has 0 saturated heterocycles. The molecule has 0 atom stereocenters. The fourth-order valence-corrected chi connectivity index (χ4v) is 0.505. The molecule has 0 aliphatic heterocycles. The number of allylic oxidation sites excluding steroid dienone is 5. The van der Waals surface area contributed by atoms with Gasteiger partial charge in [-0.25, -0.2) is 4.39 Å². The lowest BCUT2D eigenvalue weighted by Gasteiger charge is -1.98. The molecule has 0 N–H and O–H groups in total. The van der Waals surface area contributed by atoms with Gasteiger partial charge in [0.15, 0.2) is 0 Å².